The van der Waals surface area contributed by atoms with E-state index in [0.717, 1.165) is 25.2 Å². The van der Waals surface area contributed by atoms with Crippen LogP contribution in [0.4, 0.5) is 11.4 Å². The van der Waals surface area contributed by atoms with Crippen LogP contribution in [0.2, 0.25) is 0 Å². The molecule has 1 aromatic rings. The monoisotopic (exact) mass is 316 g/mol. The first-order valence-electron chi connectivity index (χ1n) is 8.45. The van der Waals surface area contributed by atoms with Gasteiger partial charge >= 0.3 is 5.97 Å². The average Bonchev–Trinajstić information content (AvgIpc) is 3.31. The van der Waals surface area contributed by atoms with Crippen molar-refractivity contribution in [2.45, 2.75) is 32.6 Å². The van der Waals surface area contributed by atoms with Crippen molar-refractivity contribution in [3.05, 3.63) is 24.3 Å². The number of hydrogen-bond acceptors (Lipinski definition) is 4. The number of hydrogen-bond donors (Lipinski definition) is 1. The fourth-order valence-corrected chi connectivity index (χ4v) is 3.00. The second-order valence-electron chi connectivity index (χ2n) is 6.57. The van der Waals surface area contributed by atoms with Crippen LogP contribution in [-0.2, 0) is 14.3 Å². The van der Waals surface area contributed by atoms with Crippen molar-refractivity contribution in [1.82, 2.24) is 0 Å². The Hall–Kier alpha value is -2.04. The van der Waals surface area contributed by atoms with E-state index in [0.29, 0.717) is 5.92 Å². The van der Waals surface area contributed by atoms with Crippen molar-refractivity contribution in [3.8, 4) is 0 Å². The zero-order chi connectivity index (χ0) is 16.2. The third-order valence-electron chi connectivity index (χ3n) is 4.63. The molecule has 5 nitrogen and oxygen atoms in total. The van der Waals surface area contributed by atoms with Crippen molar-refractivity contribution < 1.29 is 14.3 Å². The molecule has 0 aromatic heterocycles. The van der Waals surface area contributed by atoms with Crippen LogP contribution in [0.5, 0.6) is 0 Å². The van der Waals surface area contributed by atoms with Crippen molar-refractivity contribution in [2.75, 3.05) is 29.9 Å². The molecule has 23 heavy (non-hydrogen) atoms. The van der Waals surface area contributed by atoms with Crippen LogP contribution in [0.25, 0.3) is 0 Å². The smallest absolute Gasteiger partial charge is 0.309 e. The summed E-state index contributed by atoms with van der Waals surface area (Å²) in [7, 11) is 0. The second-order valence-corrected chi connectivity index (χ2v) is 6.57. The van der Waals surface area contributed by atoms with E-state index in [9.17, 15) is 9.59 Å². The zero-order valence-corrected chi connectivity index (χ0v) is 13.6. The van der Waals surface area contributed by atoms with E-state index in [4.69, 9.17) is 4.74 Å². The van der Waals surface area contributed by atoms with Crippen LogP contribution < -0.4 is 10.2 Å². The lowest BCUT2D eigenvalue weighted by Crippen LogP contribution is -2.29. The van der Waals surface area contributed by atoms with E-state index in [2.05, 4.69) is 10.2 Å². The van der Waals surface area contributed by atoms with E-state index in [1.54, 1.807) is 0 Å². The van der Waals surface area contributed by atoms with Gasteiger partial charge in [0.2, 0.25) is 0 Å². The molecule has 0 bridgehead atoms. The molecule has 124 valence electrons. The molecule has 3 rings (SSSR count). The van der Waals surface area contributed by atoms with Crippen LogP contribution in [0, 0.1) is 11.8 Å². The predicted octanol–water partition coefficient (Wildman–Crippen LogP) is 2.81. The van der Waals surface area contributed by atoms with E-state index < -0.39 is 0 Å². The number of anilines is 2. The molecule has 2 fully saturated rings. The third kappa shape index (κ3) is 4.24. The van der Waals surface area contributed by atoms with Gasteiger partial charge in [-0.3, -0.25) is 9.59 Å². The molecule has 5 heteroatoms. The van der Waals surface area contributed by atoms with Crippen LogP contribution in [0.3, 0.4) is 0 Å². The lowest BCUT2D eigenvalue weighted by Gasteiger charge is -2.28. The SMILES string of the molecule is CC1CC1C(=O)OCC(=O)Nc1ccc(N2CCCCC2)cc1. The molecule has 2 aliphatic rings. The minimum atomic E-state index is -0.294. The highest BCUT2D eigenvalue weighted by molar-refractivity contribution is 5.93. The summed E-state index contributed by atoms with van der Waals surface area (Å²) in [5, 5.41) is 2.76. The number of nitrogens with one attached hydrogen (secondary N) is 1. The molecule has 2 atom stereocenters. The molecular formula is C18H24N2O3. The lowest BCUT2D eigenvalue weighted by molar-refractivity contribution is -0.148. The maximum absolute atomic E-state index is 11.8. The molecule has 1 N–H and O–H groups in total. The number of esters is 1. The first-order chi connectivity index (χ1) is 11.1. The van der Waals surface area contributed by atoms with Crippen molar-refractivity contribution in [2.24, 2.45) is 11.8 Å². The second kappa shape index (κ2) is 7.02. The van der Waals surface area contributed by atoms with Crippen molar-refractivity contribution >= 4 is 23.3 Å². The van der Waals surface area contributed by atoms with Gasteiger partial charge in [-0.05, 0) is 55.9 Å². The molecule has 1 saturated carbocycles. The number of amides is 1. The molecule has 1 aliphatic carbocycles. The number of piperidine rings is 1. The van der Waals surface area contributed by atoms with Gasteiger partial charge in [0.15, 0.2) is 6.61 Å². The molecule has 0 radical (unpaired) electrons. The molecule has 1 aromatic carbocycles. The van der Waals surface area contributed by atoms with E-state index >= 15 is 0 Å². The topological polar surface area (TPSA) is 58.6 Å². The summed E-state index contributed by atoms with van der Waals surface area (Å²) in [6.45, 7) is 3.99. The number of nitrogens with zero attached hydrogens (tertiary/aromatic N) is 1. The van der Waals surface area contributed by atoms with Crippen molar-refractivity contribution in [3.63, 3.8) is 0 Å². The van der Waals surface area contributed by atoms with Gasteiger partial charge in [-0.1, -0.05) is 6.92 Å². The summed E-state index contributed by atoms with van der Waals surface area (Å²) >= 11 is 0. The maximum atomic E-state index is 11.8. The van der Waals surface area contributed by atoms with E-state index in [1.165, 1.54) is 24.9 Å². The van der Waals surface area contributed by atoms with Crippen molar-refractivity contribution in [1.29, 1.82) is 0 Å². The number of ether oxygens (including phenoxy) is 1. The number of carbonyl (C=O) groups excluding carboxylic acids is 2. The van der Waals surface area contributed by atoms with E-state index in [1.807, 2.05) is 31.2 Å². The Morgan fingerprint density at radius 1 is 1.17 bits per heavy atom. The fourth-order valence-electron chi connectivity index (χ4n) is 3.00. The van der Waals surface area contributed by atoms with Gasteiger partial charge in [-0.25, -0.2) is 0 Å². The van der Waals surface area contributed by atoms with Crippen LogP contribution in [0.1, 0.15) is 32.6 Å². The minimum absolute atomic E-state index is 0.00775. The van der Waals surface area contributed by atoms with Crippen LogP contribution >= 0.6 is 0 Å². The van der Waals surface area contributed by atoms with Gasteiger partial charge in [0.1, 0.15) is 0 Å². The first kappa shape index (κ1) is 15.8. The molecule has 2 unspecified atom stereocenters. The summed E-state index contributed by atoms with van der Waals surface area (Å²) in [4.78, 5) is 25.8. The van der Waals surface area contributed by atoms with Gasteiger partial charge in [0, 0.05) is 24.5 Å². The average molecular weight is 316 g/mol. The molecule has 1 heterocycles. The summed E-state index contributed by atoms with van der Waals surface area (Å²) < 4.78 is 5.03. The standard InChI is InChI=1S/C18H24N2O3/c1-13-11-16(13)18(22)23-12-17(21)19-14-5-7-15(8-6-14)20-9-3-2-4-10-20/h5-8,13,16H,2-4,9-12H2,1H3,(H,19,21). The number of carbonyl (C=O) groups is 2. The Morgan fingerprint density at radius 2 is 1.83 bits per heavy atom. The summed E-state index contributed by atoms with van der Waals surface area (Å²) in [6, 6.07) is 7.84. The Balaban J connectivity index is 1.45. The number of benzene rings is 1. The van der Waals surface area contributed by atoms with Gasteiger partial charge < -0.3 is 15.0 Å². The van der Waals surface area contributed by atoms with Crippen LogP contribution in [0.15, 0.2) is 24.3 Å². The molecule has 1 amide bonds. The molecule has 1 saturated heterocycles. The van der Waals surface area contributed by atoms with E-state index in [-0.39, 0.29) is 24.4 Å². The predicted molar refractivity (Wildman–Crippen MR) is 89.4 cm³/mol. The largest absolute Gasteiger partial charge is 0.455 e. The normalized spacial score (nSPS) is 23.3. The quantitative estimate of drug-likeness (QED) is 0.849. The Bertz CT molecular complexity index is 564. The Morgan fingerprint density at radius 3 is 2.43 bits per heavy atom. The summed E-state index contributed by atoms with van der Waals surface area (Å²) in [5.41, 5.74) is 1.92. The maximum Gasteiger partial charge on any atom is 0.309 e. The highest BCUT2D eigenvalue weighted by Gasteiger charge is 2.40. The van der Waals surface area contributed by atoms with Gasteiger partial charge in [0.05, 0.1) is 5.92 Å². The zero-order valence-electron chi connectivity index (χ0n) is 13.6. The van der Waals surface area contributed by atoms with Gasteiger partial charge in [0.25, 0.3) is 5.91 Å². The number of rotatable bonds is 5. The molecular weight excluding hydrogens is 292 g/mol. The fraction of sp³-hybridized carbons (Fsp3) is 0.556. The molecule has 1 aliphatic heterocycles. The minimum Gasteiger partial charge on any atom is -0.455 e. The van der Waals surface area contributed by atoms with Gasteiger partial charge in [-0.2, -0.15) is 0 Å². The summed E-state index contributed by atoms with van der Waals surface area (Å²) in [6.07, 6.45) is 4.66. The summed E-state index contributed by atoms with van der Waals surface area (Å²) in [5.74, 6) is -0.162. The van der Waals surface area contributed by atoms with Gasteiger partial charge in [-0.15, -0.1) is 0 Å². The van der Waals surface area contributed by atoms with Crippen LogP contribution in [-0.4, -0.2) is 31.6 Å². The lowest BCUT2D eigenvalue weighted by atomic mass is 10.1. The first-order valence-corrected chi connectivity index (χ1v) is 8.45. The Kier molecular flexibility index (Phi) is 4.84. The molecule has 0 spiro atoms. The third-order valence-corrected chi connectivity index (χ3v) is 4.63. The Labute approximate surface area is 137 Å². The highest BCUT2D eigenvalue weighted by atomic mass is 16.5. The highest BCUT2D eigenvalue weighted by Crippen LogP contribution is 2.38.